The van der Waals surface area contributed by atoms with Crippen LogP contribution in [0.3, 0.4) is 0 Å². The molecule has 0 saturated heterocycles. The molecule has 0 spiro atoms. The van der Waals surface area contributed by atoms with Gasteiger partial charge in [-0.05, 0) is 49.0 Å². The van der Waals surface area contributed by atoms with Gasteiger partial charge in [-0.3, -0.25) is 0 Å². The SMILES string of the molecule is C=C1CCC2CC1C2(C)C.C=CC(=O)OC.CCCOC(=O)C(C=CC(=O)O)=CO. The highest BCUT2D eigenvalue weighted by Gasteiger charge is 2.51. The summed E-state index contributed by atoms with van der Waals surface area (Å²) in [5.41, 5.74) is 1.93. The summed E-state index contributed by atoms with van der Waals surface area (Å²) in [5.74, 6) is -0.455. The summed E-state index contributed by atoms with van der Waals surface area (Å²) in [7, 11) is 1.31. The molecule has 3 aliphatic rings. The van der Waals surface area contributed by atoms with Crippen molar-refractivity contribution in [2.24, 2.45) is 17.3 Å². The molecule has 2 atom stereocenters. The zero-order valence-electron chi connectivity index (χ0n) is 18.3. The zero-order chi connectivity index (χ0) is 23.3. The van der Waals surface area contributed by atoms with E-state index in [0.717, 1.165) is 30.1 Å². The number of ether oxygens (including phenoxy) is 2. The van der Waals surface area contributed by atoms with E-state index >= 15 is 0 Å². The summed E-state index contributed by atoms with van der Waals surface area (Å²) >= 11 is 0. The van der Waals surface area contributed by atoms with E-state index in [1.54, 1.807) is 0 Å². The Morgan fingerprint density at radius 2 is 1.90 bits per heavy atom. The lowest BCUT2D eigenvalue weighted by molar-refractivity contribution is -0.138. The van der Waals surface area contributed by atoms with E-state index in [-0.39, 0.29) is 12.2 Å². The number of aliphatic hydroxyl groups excluding tert-OH is 1. The highest BCUT2D eigenvalue weighted by Crippen LogP contribution is 2.60. The molecule has 2 bridgehead atoms. The third-order valence-electron chi connectivity index (χ3n) is 5.36. The van der Waals surface area contributed by atoms with Crippen molar-refractivity contribution < 1.29 is 34.1 Å². The number of carboxylic acids is 1. The molecule has 7 nitrogen and oxygen atoms in total. The average molecular weight is 423 g/mol. The van der Waals surface area contributed by atoms with Gasteiger partial charge in [0.15, 0.2) is 0 Å². The number of fused-ring (bicyclic) bond motifs is 2. The molecule has 3 rings (SSSR count). The smallest absolute Gasteiger partial charge is 0.341 e. The first-order valence-electron chi connectivity index (χ1n) is 9.85. The van der Waals surface area contributed by atoms with Gasteiger partial charge >= 0.3 is 17.9 Å². The van der Waals surface area contributed by atoms with Crippen molar-refractivity contribution in [1.29, 1.82) is 0 Å². The molecule has 3 saturated carbocycles. The molecule has 2 N–H and O–H groups in total. The van der Waals surface area contributed by atoms with Gasteiger partial charge in [-0.25, -0.2) is 14.4 Å². The van der Waals surface area contributed by atoms with Gasteiger partial charge in [0.05, 0.1) is 25.6 Å². The van der Waals surface area contributed by atoms with E-state index in [1.165, 1.54) is 31.9 Å². The quantitative estimate of drug-likeness (QED) is 0.215. The van der Waals surface area contributed by atoms with E-state index in [1.807, 2.05) is 6.92 Å². The second-order valence-electron chi connectivity index (χ2n) is 7.62. The highest BCUT2D eigenvalue weighted by atomic mass is 16.5. The van der Waals surface area contributed by atoms with E-state index in [9.17, 15) is 14.4 Å². The van der Waals surface area contributed by atoms with Crippen LogP contribution in [0.1, 0.15) is 46.5 Å². The van der Waals surface area contributed by atoms with Gasteiger partial charge < -0.3 is 19.7 Å². The molecule has 0 aromatic carbocycles. The van der Waals surface area contributed by atoms with Gasteiger partial charge in [0.1, 0.15) is 0 Å². The first-order valence-corrected chi connectivity index (χ1v) is 9.85. The Hall–Kier alpha value is -2.83. The molecular formula is C23H34O7. The first-order chi connectivity index (χ1) is 14.0. The summed E-state index contributed by atoms with van der Waals surface area (Å²) in [6, 6.07) is 0. The predicted octanol–water partition coefficient (Wildman–Crippen LogP) is 4.37. The summed E-state index contributed by atoms with van der Waals surface area (Å²) in [5, 5.41) is 16.9. The van der Waals surface area contributed by atoms with E-state index in [0.29, 0.717) is 18.1 Å². The summed E-state index contributed by atoms with van der Waals surface area (Å²) < 4.78 is 8.81. The van der Waals surface area contributed by atoms with Crippen LogP contribution in [0.2, 0.25) is 0 Å². The topological polar surface area (TPSA) is 110 Å². The Morgan fingerprint density at radius 3 is 2.20 bits per heavy atom. The molecule has 0 heterocycles. The minimum Gasteiger partial charge on any atom is -0.515 e. The summed E-state index contributed by atoms with van der Waals surface area (Å²) in [6.07, 6.45) is 8.15. The number of hydrogen-bond donors (Lipinski definition) is 2. The molecule has 30 heavy (non-hydrogen) atoms. The van der Waals surface area contributed by atoms with Crippen molar-refractivity contribution in [3.63, 3.8) is 0 Å². The normalized spacial score (nSPS) is 21.1. The molecule has 2 unspecified atom stereocenters. The third kappa shape index (κ3) is 8.68. The largest absolute Gasteiger partial charge is 0.515 e. The van der Waals surface area contributed by atoms with Crippen LogP contribution < -0.4 is 0 Å². The predicted molar refractivity (Wildman–Crippen MR) is 115 cm³/mol. The fraction of sp³-hybridized carbons (Fsp3) is 0.522. The third-order valence-corrected chi connectivity index (χ3v) is 5.36. The number of esters is 2. The maximum Gasteiger partial charge on any atom is 0.341 e. The van der Waals surface area contributed by atoms with Crippen LogP contribution in [0, 0.1) is 17.3 Å². The number of rotatable bonds is 6. The second kappa shape index (κ2) is 13.4. The summed E-state index contributed by atoms with van der Waals surface area (Å²) in [4.78, 5) is 31.0. The van der Waals surface area contributed by atoms with Crippen LogP contribution in [0.4, 0.5) is 0 Å². The number of carbonyl (C=O) groups is 3. The fourth-order valence-electron chi connectivity index (χ4n) is 3.42. The van der Waals surface area contributed by atoms with Crippen LogP contribution in [-0.4, -0.2) is 41.8 Å². The van der Waals surface area contributed by atoms with Crippen LogP contribution in [0.5, 0.6) is 0 Å². The maximum absolute atomic E-state index is 11.1. The maximum atomic E-state index is 11.1. The minimum atomic E-state index is -1.20. The van der Waals surface area contributed by atoms with Crippen molar-refractivity contribution in [1.82, 2.24) is 0 Å². The van der Waals surface area contributed by atoms with E-state index in [4.69, 9.17) is 10.2 Å². The Morgan fingerprint density at radius 1 is 1.27 bits per heavy atom. The van der Waals surface area contributed by atoms with Crippen molar-refractivity contribution in [3.05, 3.63) is 48.8 Å². The van der Waals surface area contributed by atoms with Gasteiger partial charge in [-0.1, -0.05) is 39.5 Å². The van der Waals surface area contributed by atoms with Crippen LogP contribution in [0.15, 0.2) is 48.8 Å². The first kappa shape index (κ1) is 27.2. The van der Waals surface area contributed by atoms with E-state index in [2.05, 4.69) is 36.5 Å². The Bertz CT molecular complexity index is 684. The minimum absolute atomic E-state index is 0.194. The highest BCUT2D eigenvalue weighted by molar-refractivity contribution is 5.93. The molecule has 0 amide bonds. The molecule has 0 radical (unpaired) electrons. The van der Waals surface area contributed by atoms with Crippen LogP contribution in [-0.2, 0) is 23.9 Å². The Labute approximate surface area is 178 Å². The van der Waals surface area contributed by atoms with Gasteiger partial charge in [-0.15, -0.1) is 0 Å². The van der Waals surface area contributed by atoms with Gasteiger partial charge in [-0.2, -0.15) is 0 Å². The molecule has 168 valence electrons. The second-order valence-corrected chi connectivity index (χ2v) is 7.62. The number of carbonyl (C=O) groups excluding carboxylic acids is 2. The lowest BCUT2D eigenvalue weighted by Crippen LogP contribution is -2.48. The van der Waals surface area contributed by atoms with Gasteiger partial charge in [0.25, 0.3) is 0 Å². The molecule has 3 aliphatic carbocycles. The molecule has 0 aromatic heterocycles. The zero-order valence-corrected chi connectivity index (χ0v) is 18.3. The van der Waals surface area contributed by atoms with Crippen molar-refractivity contribution in [3.8, 4) is 0 Å². The van der Waals surface area contributed by atoms with Crippen molar-refractivity contribution >= 4 is 17.9 Å². The monoisotopic (exact) mass is 422 g/mol. The van der Waals surface area contributed by atoms with E-state index < -0.39 is 17.9 Å². The van der Waals surface area contributed by atoms with Crippen molar-refractivity contribution in [2.45, 2.75) is 46.5 Å². The number of hydrogen-bond acceptors (Lipinski definition) is 6. The number of aliphatic hydroxyl groups is 1. The molecule has 0 aromatic rings. The van der Waals surface area contributed by atoms with Crippen LogP contribution in [0.25, 0.3) is 0 Å². The molecule has 7 heteroatoms. The number of allylic oxidation sites excluding steroid dienone is 1. The number of carboxylic acid groups (broad SMARTS) is 1. The van der Waals surface area contributed by atoms with Crippen LogP contribution >= 0.6 is 0 Å². The lowest BCUT2D eigenvalue weighted by Gasteiger charge is -2.57. The van der Waals surface area contributed by atoms with Gasteiger partial charge in [0, 0.05) is 12.2 Å². The fourth-order valence-corrected chi connectivity index (χ4v) is 3.42. The standard InChI is InChI=1S/C10H16.C9H12O5.C4H6O2/c1-7-4-5-8-6-9(7)10(8,2)3;1-2-5-14-9(13)7(6-10)3-4-8(11)12;1-3-4(5)6-2/h8-9H,1,4-6H2,2-3H3;3-4,6,10H,2,5H2,1H3,(H,11,12);3H,1H2,2H3. The Kier molecular flexibility index (Phi) is 12.1. The number of aliphatic carboxylic acids is 1. The van der Waals surface area contributed by atoms with Crippen molar-refractivity contribution in [2.75, 3.05) is 13.7 Å². The molecular weight excluding hydrogens is 388 g/mol. The Balaban J connectivity index is 0.000000456. The molecule has 3 fully saturated rings. The lowest BCUT2D eigenvalue weighted by atomic mass is 9.47. The van der Waals surface area contributed by atoms with Gasteiger partial charge in [0.2, 0.25) is 0 Å². The average Bonchev–Trinajstić information content (AvgIpc) is 2.72. The number of methoxy groups -OCH3 is 1. The summed E-state index contributed by atoms with van der Waals surface area (Å²) in [6.45, 7) is 14.1. The molecule has 0 aliphatic heterocycles.